The lowest BCUT2D eigenvalue weighted by Gasteiger charge is -2.33. The van der Waals surface area contributed by atoms with Crippen molar-refractivity contribution in [2.45, 2.75) is 25.4 Å². The van der Waals surface area contributed by atoms with Crippen molar-refractivity contribution in [3.8, 4) is 5.88 Å². The summed E-state index contributed by atoms with van der Waals surface area (Å²) in [5.41, 5.74) is 2.87. The largest absolute Gasteiger partial charge is 0.494 e. The molecule has 0 saturated heterocycles. The topological polar surface area (TPSA) is 94.1 Å². The van der Waals surface area contributed by atoms with Crippen LogP contribution in [0.3, 0.4) is 0 Å². The van der Waals surface area contributed by atoms with Gasteiger partial charge >= 0.3 is 5.69 Å². The summed E-state index contributed by atoms with van der Waals surface area (Å²) in [6.45, 7) is 2.56. The highest BCUT2D eigenvalue weighted by atomic mass is 16.3. The van der Waals surface area contributed by atoms with E-state index in [9.17, 15) is 14.7 Å². The summed E-state index contributed by atoms with van der Waals surface area (Å²) in [7, 11) is 1.92. The minimum atomic E-state index is -0.627. The Hall–Kier alpha value is -3.58. The fourth-order valence-electron chi connectivity index (χ4n) is 4.76. The fraction of sp³-hybridized carbons (Fsp3) is 0.250. The molecule has 0 fully saturated rings. The number of hydrogen-bond acceptors (Lipinski definition) is 4. The number of fused-ring (bicyclic) bond motifs is 3. The molecule has 2 atom stereocenters. The maximum atomic E-state index is 13.0. The molecule has 2 aromatic heterocycles. The lowest BCUT2D eigenvalue weighted by Crippen LogP contribution is -2.40. The predicted molar refractivity (Wildman–Crippen MR) is 120 cm³/mol. The standard InChI is InChI=1S/C24H24N4O3/c1-14(15-8-4-3-5-9-15)28-23(30)19(22(29)26-24(28)31)21-20-17(12-13-27(21)2)16-10-6-7-11-18(16)25-20/h3-11,14,21,25,30H,12-13H2,1-2H3,(H,26,29,31)/t14-,21+/m0/s1. The zero-order chi connectivity index (χ0) is 21.7. The molecular weight excluding hydrogens is 392 g/mol. The van der Waals surface area contributed by atoms with Crippen LogP contribution in [0.5, 0.6) is 5.88 Å². The summed E-state index contributed by atoms with van der Waals surface area (Å²) in [5, 5.41) is 12.4. The summed E-state index contributed by atoms with van der Waals surface area (Å²) in [6.07, 6.45) is 0.838. The Bertz CT molecular complexity index is 1380. The van der Waals surface area contributed by atoms with Crippen LogP contribution in [0, 0.1) is 0 Å². The van der Waals surface area contributed by atoms with Gasteiger partial charge in [0.2, 0.25) is 5.88 Å². The number of aromatic hydroxyl groups is 1. The molecule has 3 N–H and O–H groups in total. The molecule has 31 heavy (non-hydrogen) atoms. The fourth-order valence-corrected chi connectivity index (χ4v) is 4.76. The Balaban J connectivity index is 1.73. The second-order valence-corrected chi connectivity index (χ2v) is 8.15. The molecule has 0 unspecified atom stereocenters. The zero-order valence-electron chi connectivity index (χ0n) is 17.4. The van der Waals surface area contributed by atoms with E-state index in [1.165, 1.54) is 4.57 Å². The third kappa shape index (κ3) is 3.00. The molecule has 0 saturated carbocycles. The number of nitrogens with one attached hydrogen (secondary N) is 2. The maximum Gasteiger partial charge on any atom is 0.331 e. The van der Waals surface area contributed by atoms with E-state index in [1.807, 2.05) is 67.4 Å². The second-order valence-electron chi connectivity index (χ2n) is 8.15. The molecule has 0 spiro atoms. The van der Waals surface area contributed by atoms with E-state index in [1.54, 1.807) is 0 Å². The first-order valence-corrected chi connectivity index (χ1v) is 10.4. The van der Waals surface area contributed by atoms with Crippen LogP contribution in [-0.2, 0) is 6.42 Å². The van der Waals surface area contributed by atoms with E-state index in [-0.39, 0.29) is 11.4 Å². The average molecular weight is 416 g/mol. The molecule has 7 nitrogen and oxygen atoms in total. The number of aromatic nitrogens is 3. The minimum absolute atomic E-state index is 0.178. The van der Waals surface area contributed by atoms with Crippen molar-refractivity contribution in [2.75, 3.05) is 13.6 Å². The van der Waals surface area contributed by atoms with Crippen molar-refractivity contribution >= 4 is 10.9 Å². The van der Waals surface area contributed by atoms with Gasteiger partial charge in [-0.05, 0) is 37.6 Å². The number of H-pyrrole nitrogens is 2. The van der Waals surface area contributed by atoms with Gasteiger partial charge in [0.1, 0.15) is 5.56 Å². The van der Waals surface area contributed by atoms with Crippen LogP contribution in [0.1, 0.15) is 41.4 Å². The summed E-state index contributed by atoms with van der Waals surface area (Å²) >= 11 is 0. The monoisotopic (exact) mass is 416 g/mol. The second kappa shape index (κ2) is 7.28. The normalized spacial score (nSPS) is 17.5. The summed E-state index contributed by atoms with van der Waals surface area (Å²) in [5.74, 6) is -0.298. The number of aromatic amines is 2. The Morgan fingerprint density at radius 2 is 1.74 bits per heavy atom. The molecule has 3 heterocycles. The van der Waals surface area contributed by atoms with Gasteiger partial charge in [-0.25, -0.2) is 4.79 Å². The van der Waals surface area contributed by atoms with E-state index in [2.05, 4.69) is 16.0 Å². The van der Waals surface area contributed by atoms with Crippen molar-refractivity contribution in [3.05, 3.63) is 97.8 Å². The van der Waals surface area contributed by atoms with Gasteiger partial charge in [0.05, 0.1) is 12.1 Å². The van der Waals surface area contributed by atoms with Gasteiger partial charge in [-0.3, -0.25) is 19.2 Å². The molecule has 2 aromatic carbocycles. The van der Waals surface area contributed by atoms with Crippen molar-refractivity contribution in [2.24, 2.45) is 0 Å². The molecular formula is C24H24N4O3. The molecule has 0 aliphatic carbocycles. The zero-order valence-corrected chi connectivity index (χ0v) is 17.4. The lowest BCUT2D eigenvalue weighted by atomic mass is 9.93. The van der Waals surface area contributed by atoms with Crippen molar-refractivity contribution in [3.63, 3.8) is 0 Å². The van der Waals surface area contributed by atoms with Gasteiger partial charge in [-0.1, -0.05) is 48.5 Å². The predicted octanol–water partition coefficient (Wildman–Crippen LogP) is 2.91. The molecule has 0 amide bonds. The van der Waals surface area contributed by atoms with Crippen LogP contribution in [0.15, 0.2) is 64.2 Å². The number of hydrogen-bond donors (Lipinski definition) is 3. The summed E-state index contributed by atoms with van der Waals surface area (Å²) in [6, 6.07) is 16.5. The van der Waals surface area contributed by atoms with Crippen molar-refractivity contribution < 1.29 is 5.11 Å². The van der Waals surface area contributed by atoms with Gasteiger partial charge in [-0.2, -0.15) is 0 Å². The third-order valence-electron chi connectivity index (χ3n) is 6.37. The van der Waals surface area contributed by atoms with Crippen LogP contribution < -0.4 is 11.2 Å². The molecule has 1 aliphatic rings. The average Bonchev–Trinajstić information content (AvgIpc) is 3.14. The number of rotatable bonds is 3. The Kier molecular flexibility index (Phi) is 4.55. The SMILES string of the molecule is C[C@@H](c1ccccc1)n1c(O)c([C@@H]2c3[nH]c4ccccc4c3CCN2C)c(=O)[nH]c1=O. The number of nitrogens with zero attached hydrogens (tertiary/aromatic N) is 2. The molecule has 0 bridgehead atoms. The quantitative estimate of drug-likeness (QED) is 0.479. The molecule has 7 heteroatoms. The van der Waals surface area contributed by atoms with E-state index in [0.29, 0.717) is 0 Å². The molecule has 158 valence electrons. The number of benzene rings is 2. The molecule has 4 aromatic rings. The van der Waals surface area contributed by atoms with E-state index >= 15 is 0 Å². The van der Waals surface area contributed by atoms with Crippen LogP contribution in [0.4, 0.5) is 0 Å². The van der Waals surface area contributed by atoms with Crippen LogP contribution >= 0.6 is 0 Å². The van der Waals surface area contributed by atoms with Crippen LogP contribution in [-0.4, -0.2) is 38.1 Å². The van der Waals surface area contributed by atoms with Crippen LogP contribution in [0.2, 0.25) is 0 Å². The van der Waals surface area contributed by atoms with E-state index in [4.69, 9.17) is 0 Å². The van der Waals surface area contributed by atoms with Gasteiger partial charge in [-0.15, -0.1) is 0 Å². The van der Waals surface area contributed by atoms with Gasteiger partial charge in [0.25, 0.3) is 5.56 Å². The first kappa shape index (κ1) is 19.4. The number of likely N-dealkylation sites (N-methyl/N-ethyl adjacent to an activating group) is 1. The van der Waals surface area contributed by atoms with E-state index in [0.717, 1.165) is 40.7 Å². The van der Waals surface area contributed by atoms with Crippen molar-refractivity contribution in [1.29, 1.82) is 0 Å². The smallest absolute Gasteiger partial charge is 0.331 e. The molecule has 1 aliphatic heterocycles. The minimum Gasteiger partial charge on any atom is -0.494 e. The lowest BCUT2D eigenvalue weighted by molar-refractivity contribution is 0.249. The van der Waals surface area contributed by atoms with Gasteiger partial charge in [0, 0.05) is 23.1 Å². The first-order valence-electron chi connectivity index (χ1n) is 10.4. The highest BCUT2D eigenvalue weighted by Gasteiger charge is 2.35. The van der Waals surface area contributed by atoms with Crippen LogP contribution in [0.25, 0.3) is 10.9 Å². The summed E-state index contributed by atoms with van der Waals surface area (Å²) < 4.78 is 1.26. The van der Waals surface area contributed by atoms with E-state index < -0.39 is 23.3 Å². The summed E-state index contributed by atoms with van der Waals surface area (Å²) in [4.78, 5) is 33.6. The Morgan fingerprint density at radius 3 is 2.52 bits per heavy atom. The third-order valence-corrected chi connectivity index (χ3v) is 6.37. The van der Waals surface area contributed by atoms with Crippen molar-refractivity contribution in [1.82, 2.24) is 19.4 Å². The van der Waals surface area contributed by atoms with Gasteiger partial charge < -0.3 is 10.1 Å². The molecule has 5 rings (SSSR count). The highest BCUT2D eigenvalue weighted by molar-refractivity contribution is 5.85. The number of para-hydroxylation sites is 1. The maximum absolute atomic E-state index is 13.0. The first-order chi connectivity index (χ1) is 15.0. The highest BCUT2D eigenvalue weighted by Crippen LogP contribution is 2.39. The van der Waals surface area contributed by atoms with Gasteiger partial charge in [0.15, 0.2) is 0 Å². The molecule has 0 radical (unpaired) electrons. The Morgan fingerprint density at radius 1 is 1.03 bits per heavy atom. The Labute approximate surface area is 178 Å².